The molecule has 1 aromatic rings. The monoisotopic (exact) mass is 274 g/mol. The molecule has 0 radical (unpaired) electrons. The molecule has 0 heterocycles. The molecule has 2 unspecified atom stereocenters. The van der Waals surface area contributed by atoms with E-state index >= 15 is 0 Å². The average Bonchev–Trinajstić information content (AvgIpc) is 2.48. The molecule has 0 spiro atoms. The number of benzene rings is 1. The number of para-hydroxylation sites is 1. The van der Waals surface area contributed by atoms with Crippen LogP contribution in [0, 0.1) is 5.92 Å². The fraction of sp³-hybridized carbons (Fsp3) is 0.588. The zero-order valence-corrected chi connectivity index (χ0v) is 12.9. The van der Waals surface area contributed by atoms with E-state index in [0.29, 0.717) is 18.5 Å². The van der Waals surface area contributed by atoms with E-state index in [4.69, 9.17) is 0 Å². The Labute approximate surface area is 122 Å². The van der Waals surface area contributed by atoms with Gasteiger partial charge >= 0.3 is 0 Å². The first-order chi connectivity index (χ1) is 9.59. The van der Waals surface area contributed by atoms with Crippen LogP contribution in [0.15, 0.2) is 30.3 Å². The predicted molar refractivity (Wildman–Crippen MR) is 83.9 cm³/mol. The van der Waals surface area contributed by atoms with Gasteiger partial charge in [0.05, 0.1) is 6.54 Å². The lowest BCUT2D eigenvalue weighted by Gasteiger charge is -2.37. The maximum atomic E-state index is 12.5. The number of nitrogens with zero attached hydrogens (tertiary/aromatic N) is 2. The van der Waals surface area contributed by atoms with Crippen molar-refractivity contribution in [1.29, 1.82) is 0 Å². The van der Waals surface area contributed by atoms with Gasteiger partial charge in [0, 0.05) is 25.8 Å². The summed E-state index contributed by atoms with van der Waals surface area (Å²) in [5.74, 6) is 0.842. The van der Waals surface area contributed by atoms with Gasteiger partial charge in [0.1, 0.15) is 0 Å². The Morgan fingerprint density at radius 1 is 1.15 bits per heavy atom. The Morgan fingerprint density at radius 2 is 1.80 bits per heavy atom. The summed E-state index contributed by atoms with van der Waals surface area (Å²) in [4.78, 5) is 16.5. The minimum Gasteiger partial charge on any atom is -0.365 e. The molecule has 3 nitrogen and oxygen atoms in total. The molecule has 1 aromatic carbocycles. The first-order valence-electron chi connectivity index (χ1n) is 7.61. The van der Waals surface area contributed by atoms with Gasteiger partial charge in [0.15, 0.2) is 0 Å². The molecule has 0 saturated heterocycles. The van der Waals surface area contributed by atoms with Gasteiger partial charge in [-0.3, -0.25) is 4.79 Å². The van der Waals surface area contributed by atoms with E-state index in [9.17, 15) is 4.79 Å². The van der Waals surface area contributed by atoms with Crippen molar-refractivity contribution in [3.8, 4) is 0 Å². The van der Waals surface area contributed by atoms with Crippen molar-refractivity contribution in [1.82, 2.24) is 4.90 Å². The van der Waals surface area contributed by atoms with Crippen LogP contribution in [0.2, 0.25) is 0 Å². The first kappa shape index (κ1) is 14.9. The summed E-state index contributed by atoms with van der Waals surface area (Å²) in [5.41, 5.74) is 1.09. The second-order valence-electron chi connectivity index (χ2n) is 6.03. The molecule has 2 atom stereocenters. The van der Waals surface area contributed by atoms with Crippen LogP contribution in [-0.2, 0) is 4.79 Å². The predicted octanol–water partition coefficient (Wildman–Crippen LogP) is 3.16. The summed E-state index contributed by atoms with van der Waals surface area (Å²) in [5, 5.41) is 0. The third kappa shape index (κ3) is 3.53. The van der Waals surface area contributed by atoms with E-state index in [1.807, 2.05) is 54.2 Å². The zero-order chi connectivity index (χ0) is 14.5. The highest BCUT2D eigenvalue weighted by molar-refractivity contribution is 5.81. The van der Waals surface area contributed by atoms with Crippen LogP contribution in [0.1, 0.15) is 32.6 Å². The van der Waals surface area contributed by atoms with Crippen molar-refractivity contribution in [2.24, 2.45) is 5.92 Å². The zero-order valence-electron chi connectivity index (χ0n) is 12.9. The SMILES string of the molecule is CC1CCCCC1N(C)C(=O)CN(C)c1ccccc1. The smallest absolute Gasteiger partial charge is 0.242 e. The molecule has 1 aliphatic carbocycles. The molecule has 2 rings (SSSR count). The summed E-state index contributed by atoms with van der Waals surface area (Å²) in [6.45, 7) is 2.72. The topological polar surface area (TPSA) is 23.6 Å². The minimum atomic E-state index is 0.218. The maximum Gasteiger partial charge on any atom is 0.242 e. The maximum absolute atomic E-state index is 12.5. The van der Waals surface area contributed by atoms with Crippen LogP contribution in [0.3, 0.4) is 0 Å². The Kier molecular flexibility index (Phi) is 5.05. The van der Waals surface area contributed by atoms with Crippen LogP contribution in [-0.4, -0.2) is 37.5 Å². The molecular formula is C17H26N2O. The summed E-state index contributed by atoms with van der Waals surface area (Å²) < 4.78 is 0. The molecule has 0 bridgehead atoms. The van der Waals surface area contributed by atoms with Gasteiger partial charge in [0.2, 0.25) is 5.91 Å². The molecule has 1 aliphatic rings. The van der Waals surface area contributed by atoms with Gasteiger partial charge in [-0.2, -0.15) is 0 Å². The van der Waals surface area contributed by atoms with E-state index in [-0.39, 0.29) is 5.91 Å². The second-order valence-corrected chi connectivity index (χ2v) is 6.03. The summed E-state index contributed by atoms with van der Waals surface area (Å²) in [7, 11) is 3.94. The minimum absolute atomic E-state index is 0.218. The van der Waals surface area contributed by atoms with Gasteiger partial charge in [-0.15, -0.1) is 0 Å². The van der Waals surface area contributed by atoms with Gasteiger partial charge in [-0.1, -0.05) is 38.0 Å². The van der Waals surface area contributed by atoms with Crippen LogP contribution in [0.4, 0.5) is 5.69 Å². The molecule has 0 aromatic heterocycles. The van der Waals surface area contributed by atoms with Gasteiger partial charge in [-0.05, 0) is 30.9 Å². The lowest BCUT2D eigenvalue weighted by molar-refractivity contribution is -0.132. The molecule has 3 heteroatoms. The summed E-state index contributed by atoms with van der Waals surface area (Å²) in [6, 6.07) is 10.5. The Hall–Kier alpha value is -1.51. The van der Waals surface area contributed by atoms with E-state index in [1.54, 1.807) is 0 Å². The van der Waals surface area contributed by atoms with E-state index in [1.165, 1.54) is 19.3 Å². The molecule has 1 saturated carbocycles. The van der Waals surface area contributed by atoms with Gasteiger partial charge < -0.3 is 9.80 Å². The largest absolute Gasteiger partial charge is 0.365 e. The fourth-order valence-corrected chi connectivity index (χ4v) is 3.15. The molecule has 1 amide bonds. The number of hydrogen-bond acceptors (Lipinski definition) is 2. The third-order valence-corrected chi connectivity index (χ3v) is 4.53. The highest BCUT2D eigenvalue weighted by Crippen LogP contribution is 2.27. The molecule has 110 valence electrons. The lowest BCUT2D eigenvalue weighted by atomic mass is 9.85. The Balaban J connectivity index is 1.93. The summed E-state index contributed by atoms with van der Waals surface area (Å²) in [6.07, 6.45) is 4.96. The average molecular weight is 274 g/mol. The number of anilines is 1. The Bertz CT molecular complexity index is 432. The highest BCUT2D eigenvalue weighted by Gasteiger charge is 2.28. The van der Waals surface area contributed by atoms with Crippen molar-refractivity contribution >= 4 is 11.6 Å². The number of rotatable bonds is 4. The number of amides is 1. The molecule has 0 N–H and O–H groups in total. The second kappa shape index (κ2) is 6.78. The Morgan fingerprint density at radius 3 is 2.45 bits per heavy atom. The van der Waals surface area contributed by atoms with E-state index < -0.39 is 0 Å². The van der Waals surface area contributed by atoms with Crippen LogP contribution >= 0.6 is 0 Å². The lowest BCUT2D eigenvalue weighted by Crippen LogP contribution is -2.46. The van der Waals surface area contributed by atoms with Gasteiger partial charge in [0.25, 0.3) is 0 Å². The van der Waals surface area contributed by atoms with Crippen LogP contribution < -0.4 is 4.90 Å². The van der Waals surface area contributed by atoms with Crippen molar-refractivity contribution in [3.05, 3.63) is 30.3 Å². The molecule has 20 heavy (non-hydrogen) atoms. The standard InChI is InChI=1S/C17H26N2O/c1-14-9-7-8-12-16(14)19(3)17(20)13-18(2)15-10-5-4-6-11-15/h4-6,10-11,14,16H,7-9,12-13H2,1-3H3. The molecule has 1 fully saturated rings. The van der Waals surface area contributed by atoms with Crippen molar-refractivity contribution < 1.29 is 4.79 Å². The number of hydrogen-bond donors (Lipinski definition) is 0. The van der Waals surface area contributed by atoms with Crippen molar-refractivity contribution in [3.63, 3.8) is 0 Å². The normalized spacial score (nSPS) is 22.4. The molecular weight excluding hydrogens is 248 g/mol. The van der Waals surface area contributed by atoms with Crippen molar-refractivity contribution in [2.45, 2.75) is 38.6 Å². The van der Waals surface area contributed by atoms with Gasteiger partial charge in [-0.25, -0.2) is 0 Å². The quantitative estimate of drug-likeness (QED) is 0.842. The van der Waals surface area contributed by atoms with E-state index in [0.717, 1.165) is 12.1 Å². The number of carbonyl (C=O) groups is 1. The van der Waals surface area contributed by atoms with Crippen LogP contribution in [0.5, 0.6) is 0 Å². The first-order valence-corrected chi connectivity index (χ1v) is 7.61. The highest BCUT2D eigenvalue weighted by atomic mass is 16.2. The van der Waals surface area contributed by atoms with Crippen LogP contribution in [0.25, 0.3) is 0 Å². The number of carbonyl (C=O) groups excluding carboxylic acids is 1. The molecule has 0 aliphatic heterocycles. The summed E-state index contributed by atoms with van der Waals surface area (Å²) >= 11 is 0. The third-order valence-electron chi connectivity index (χ3n) is 4.53. The fourth-order valence-electron chi connectivity index (χ4n) is 3.15. The van der Waals surface area contributed by atoms with E-state index in [2.05, 4.69) is 6.92 Å². The number of likely N-dealkylation sites (N-methyl/N-ethyl adjacent to an activating group) is 2. The van der Waals surface area contributed by atoms with Crippen molar-refractivity contribution in [2.75, 3.05) is 25.5 Å².